The van der Waals surface area contributed by atoms with Crippen LogP contribution >= 0.6 is 0 Å². The van der Waals surface area contributed by atoms with Crippen LogP contribution in [0.4, 0.5) is 15.5 Å². The van der Waals surface area contributed by atoms with Crippen molar-refractivity contribution in [2.75, 3.05) is 23.1 Å². The van der Waals surface area contributed by atoms with E-state index in [1.54, 1.807) is 22.9 Å². The van der Waals surface area contributed by atoms with Crippen molar-refractivity contribution in [2.45, 2.75) is 69.6 Å². The molecule has 1 saturated heterocycles. The number of nitrogens with zero attached hydrogens (tertiary/aromatic N) is 4. The number of rotatable bonds is 11. The lowest BCUT2D eigenvalue weighted by Gasteiger charge is -2.31. The average molecular weight is 733 g/mol. The van der Waals surface area contributed by atoms with Gasteiger partial charge in [-0.05, 0) is 48.0 Å². The van der Waals surface area contributed by atoms with Crippen LogP contribution in [0, 0.1) is 5.92 Å². The Morgan fingerprint density at radius 3 is 2.34 bits per heavy atom. The van der Waals surface area contributed by atoms with Gasteiger partial charge in [0.2, 0.25) is 20.2 Å². The molecule has 9 nitrogen and oxygen atoms in total. The van der Waals surface area contributed by atoms with Crippen molar-refractivity contribution in [3.63, 3.8) is 0 Å². The number of aliphatic hydroxyl groups excluding tert-OH is 1. The fourth-order valence-electron chi connectivity index (χ4n) is 8.44. The first kappa shape index (κ1) is 36.4. The second kappa shape index (κ2) is 14.8. The van der Waals surface area contributed by atoms with Crippen molar-refractivity contribution in [1.82, 2.24) is 4.90 Å². The molecule has 4 aromatic carbocycles. The van der Waals surface area contributed by atoms with Crippen LogP contribution in [0.2, 0.25) is 18.6 Å². The number of aliphatic hydroxyl groups is 1. The van der Waals surface area contributed by atoms with E-state index in [1.807, 2.05) is 116 Å². The Bertz CT molecular complexity index is 2020. The molecule has 1 spiro atoms. The smallest absolute Gasteiger partial charge is 0.264 e. The van der Waals surface area contributed by atoms with Crippen LogP contribution in [0.5, 0.6) is 0 Å². The van der Waals surface area contributed by atoms with Crippen LogP contribution in [0.15, 0.2) is 114 Å². The first-order valence-corrected chi connectivity index (χ1v) is 21.2. The molecule has 1 fully saturated rings. The molecule has 53 heavy (non-hydrogen) atoms. The summed E-state index contributed by atoms with van der Waals surface area (Å²) in [7, 11) is -3.51. The maximum Gasteiger partial charge on any atom is 0.264 e. The molecule has 0 bridgehead atoms. The van der Waals surface area contributed by atoms with Gasteiger partial charge < -0.3 is 23.8 Å². The molecule has 4 atom stereocenters. The van der Waals surface area contributed by atoms with Gasteiger partial charge in [0.1, 0.15) is 0 Å². The number of para-hydroxylation sites is 1. The number of carbonyl (C=O) groups excluding carboxylic acids is 3. The fourth-order valence-corrected chi connectivity index (χ4v) is 10.9. The van der Waals surface area contributed by atoms with Gasteiger partial charge in [0.05, 0.1) is 42.8 Å². The first-order valence-electron chi connectivity index (χ1n) is 18.3. The summed E-state index contributed by atoms with van der Waals surface area (Å²) < 4.78 is 23.3. The lowest BCUT2D eigenvalue weighted by Crippen LogP contribution is -2.45. The molecule has 4 aromatic rings. The van der Waals surface area contributed by atoms with Gasteiger partial charge in [0.15, 0.2) is 5.60 Å². The number of hydrazone groups is 1. The third-order valence-corrected chi connectivity index (χ3v) is 13.3. The van der Waals surface area contributed by atoms with E-state index in [2.05, 4.69) is 0 Å². The zero-order chi connectivity index (χ0) is 37.3. The number of hydrogen-bond acceptors (Lipinski definition) is 6. The second-order valence-corrected chi connectivity index (χ2v) is 18.5. The molecule has 11 heteroatoms. The standard InChI is InChI=1S/C42H45FN4O5Si/c1-29-40(53(2,3)43)37(26-39(50)45(23-24-48)27-30-13-6-4-7-14-30)52-42(29)34-19-10-11-20-36(34)46(41(42)51)28-31-15-12-18-33(25-31)47-38(49)22-21-35(44-47)32-16-8-5-9-17-32/h4-20,25,29,37,40,48H,21-24,26-28H2,1-3H3/t29-,37+,40-,42+/m0/s1. The summed E-state index contributed by atoms with van der Waals surface area (Å²) >= 11 is 0. The van der Waals surface area contributed by atoms with Gasteiger partial charge in [-0.3, -0.25) is 14.4 Å². The lowest BCUT2D eigenvalue weighted by molar-refractivity contribution is -0.150. The van der Waals surface area contributed by atoms with E-state index >= 15 is 4.11 Å². The first-order chi connectivity index (χ1) is 25.5. The number of halogens is 1. The normalized spacial score (nSPS) is 22.7. The molecule has 0 unspecified atom stereocenters. The third kappa shape index (κ3) is 6.96. The van der Waals surface area contributed by atoms with Crippen molar-refractivity contribution >= 4 is 43.2 Å². The number of amides is 3. The highest BCUT2D eigenvalue weighted by Gasteiger charge is 2.67. The van der Waals surface area contributed by atoms with E-state index in [4.69, 9.17) is 9.84 Å². The van der Waals surface area contributed by atoms with Crippen LogP contribution in [0.3, 0.4) is 0 Å². The predicted molar refractivity (Wildman–Crippen MR) is 205 cm³/mol. The van der Waals surface area contributed by atoms with E-state index in [9.17, 15) is 19.5 Å². The molecule has 3 amide bonds. The maximum absolute atomic E-state index is 16.4. The van der Waals surface area contributed by atoms with Crippen molar-refractivity contribution in [3.8, 4) is 0 Å². The topological polar surface area (TPSA) is 103 Å². The van der Waals surface area contributed by atoms with Gasteiger partial charge in [-0.15, -0.1) is 0 Å². The minimum atomic E-state index is -3.51. The van der Waals surface area contributed by atoms with Gasteiger partial charge in [-0.1, -0.05) is 97.9 Å². The second-order valence-electron chi connectivity index (χ2n) is 14.7. The highest BCUT2D eigenvalue weighted by Crippen LogP contribution is 2.60. The van der Waals surface area contributed by atoms with E-state index < -0.39 is 31.6 Å². The Morgan fingerprint density at radius 2 is 1.62 bits per heavy atom. The molecule has 274 valence electrons. The third-order valence-electron chi connectivity index (χ3n) is 10.8. The average Bonchev–Trinajstić information content (AvgIpc) is 3.58. The number of carbonyl (C=O) groups is 3. The van der Waals surface area contributed by atoms with Crippen molar-refractivity contribution in [3.05, 3.63) is 131 Å². The molecule has 0 saturated carbocycles. The van der Waals surface area contributed by atoms with Crippen molar-refractivity contribution < 1.29 is 28.3 Å². The van der Waals surface area contributed by atoms with E-state index in [1.165, 1.54) is 5.01 Å². The zero-order valence-electron chi connectivity index (χ0n) is 30.3. The molecule has 0 aliphatic carbocycles. The summed E-state index contributed by atoms with van der Waals surface area (Å²) in [5.41, 5.74) is 3.28. The number of benzene rings is 4. The molecule has 0 aromatic heterocycles. The monoisotopic (exact) mass is 732 g/mol. The molecule has 3 aliphatic rings. The molecular weight excluding hydrogens is 688 g/mol. The van der Waals surface area contributed by atoms with Crippen LogP contribution < -0.4 is 9.91 Å². The van der Waals surface area contributed by atoms with Crippen LogP contribution in [0.1, 0.15) is 48.4 Å². The van der Waals surface area contributed by atoms with Crippen molar-refractivity contribution in [2.24, 2.45) is 11.0 Å². The highest BCUT2D eigenvalue weighted by molar-refractivity contribution is 6.72. The lowest BCUT2D eigenvalue weighted by atomic mass is 9.82. The Kier molecular flexibility index (Phi) is 10.2. The highest BCUT2D eigenvalue weighted by atomic mass is 28.4. The summed E-state index contributed by atoms with van der Waals surface area (Å²) in [6, 6.07) is 34.2. The maximum atomic E-state index is 16.4. The number of fused-ring (bicyclic) bond motifs is 2. The summed E-state index contributed by atoms with van der Waals surface area (Å²) in [4.78, 5) is 45.2. The Hall–Kier alpha value is -4.97. The summed E-state index contributed by atoms with van der Waals surface area (Å²) in [5.74, 6) is -1.24. The summed E-state index contributed by atoms with van der Waals surface area (Å²) in [6.07, 6.45) is -0.0759. The van der Waals surface area contributed by atoms with Gasteiger partial charge in [-0.2, -0.15) is 5.10 Å². The fraction of sp³-hybridized carbons (Fsp3) is 0.333. The largest absolute Gasteiger partial charge is 0.395 e. The minimum absolute atomic E-state index is 0.109. The summed E-state index contributed by atoms with van der Waals surface area (Å²) in [6.45, 7) is 5.50. The quantitative estimate of drug-likeness (QED) is 0.133. The van der Waals surface area contributed by atoms with Crippen molar-refractivity contribution in [1.29, 1.82) is 0 Å². The zero-order valence-corrected chi connectivity index (χ0v) is 31.3. The molecule has 1 N–H and O–H groups in total. The van der Waals surface area contributed by atoms with Gasteiger partial charge >= 0.3 is 0 Å². The molecule has 0 radical (unpaired) electrons. The SMILES string of the molecule is C[C@H]1[C@H]([Si](C)(C)F)[C@@H](CC(=O)N(CCO)Cc2ccccc2)O[C@]12C(=O)N(Cc1cccc(N3N=C(c4ccccc4)CCC3=O)c1)c1ccccc12. The Labute approximate surface area is 310 Å². The van der Waals surface area contributed by atoms with E-state index in [0.717, 1.165) is 22.4 Å². The number of ether oxygens (including phenoxy) is 1. The van der Waals surface area contributed by atoms with Crippen LogP contribution in [-0.4, -0.2) is 61.1 Å². The molecule has 3 aliphatic heterocycles. The minimum Gasteiger partial charge on any atom is -0.395 e. The molecule has 3 heterocycles. The molecular formula is C42H45FN4O5Si. The van der Waals surface area contributed by atoms with Gasteiger partial charge in [-0.25, -0.2) is 5.01 Å². The van der Waals surface area contributed by atoms with E-state index in [-0.39, 0.29) is 43.8 Å². The summed E-state index contributed by atoms with van der Waals surface area (Å²) in [5, 5.41) is 16.0. The van der Waals surface area contributed by atoms with E-state index in [0.29, 0.717) is 36.3 Å². The van der Waals surface area contributed by atoms with Gasteiger partial charge in [0, 0.05) is 43.0 Å². The predicted octanol–water partition coefficient (Wildman–Crippen LogP) is 6.95. The van der Waals surface area contributed by atoms with Crippen LogP contribution in [0.25, 0.3) is 0 Å². The Morgan fingerprint density at radius 1 is 0.943 bits per heavy atom. The Balaban J connectivity index is 1.18. The number of hydrogen-bond donors (Lipinski definition) is 1. The van der Waals surface area contributed by atoms with Crippen LogP contribution in [-0.2, 0) is 37.8 Å². The van der Waals surface area contributed by atoms with Gasteiger partial charge in [0.25, 0.3) is 5.91 Å². The molecule has 7 rings (SSSR count). The number of anilines is 2.